The number of amides is 1. The topological polar surface area (TPSA) is 113 Å². The Bertz CT molecular complexity index is 982. The number of aryl methyl sites for hydroxylation is 1. The molecule has 3 aromatic rings. The summed E-state index contributed by atoms with van der Waals surface area (Å²) in [5.41, 5.74) is 2.54. The number of aromatic nitrogens is 5. The lowest BCUT2D eigenvalue weighted by molar-refractivity contribution is -0.120. The van der Waals surface area contributed by atoms with E-state index in [1.807, 2.05) is 11.0 Å². The van der Waals surface area contributed by atoms with Gasteiger partial charge in [-0.15, -0.1) is 5.10 Å². The molecule has 0 saturated carbocycles. The molecule has 1 amide bonds. The molecule has 25 heavy (non-hydrogen) atoms. The van der Waals surface area contributed by atoms with E-state index in [1.165, 1.54) is 6.33 Å². The lowest BCUT2D eigenvalue weighted by atomic mass is 9.99. The zero-order chi connectivity index (χ0) is 17.4. The van der Waals surface area contributed by atoms with Gasteiger partial charge in [0, 0.05) is 25.8 Å². The second kappa shape index (κ2) is 5.83. The monoisotopic (exact) mass is 334 g/mol. The van der Waals surface area contributed by atoms with Gasteiger partial charge in [-0.2, -0.15) is 5.26 Å². The summed E-state index contributed by atoms with van der Waals surface area (Å²) in [5, 5.41) is 19.7. The fourth-order valence-electron chi connectivity index (χ4n) is 2.76. The van der Waals surface area contributed by atoms with Crippen molar-refractivity contribution in [1.29, 1.82) is 5.26 Å². The van der Waals surface area contributed by atoms with E-state index in [2.05, 4.69) is 25.6 Å². The Morgan fingerprint density at radius 3 is 2.76 bits per heavy atom. The van der Waals surface area contributed by atoms with Gasteiger partial charge in [-0.1, -0.05) is 5.21 Å². The van der Waals surface area contributed by atoms with Gasteiger partial charge in [0.25, 0.3) is 0 Å². The van der Waals surface area contributed by atoms with E-state index in [0.29, 0.717) is 41.3 Å². The molecule has 9 nitrogen and oxygen atoms in total. The standard InChI is InChI=1S/C16H14N8O/c1-23-14-13(21-22-23)15(19-9-18-14)24-7-11(8-24)16(25)20-12-4-2-10(6-17)3-5-12/h2-5,9,11H,7-8H2,1H3,(H,20,25). The minimum atomic E-state index is -0.127. The van der Waals surface area contributed by atoms with Crippen molar-refractivity contribution in [1.82, 2.24) is 25.0 Å². The van der Waals surface area contributed by atoms with E-state index in [0.717, 1.165) is 0 Å². The molecule has 0 atom stereocenters. The highest BCUT2D eigenvalue weighted by Crippen LogP contribution is 2.28. The van der Waals surface area contributed by atoms with Crippen molar-refractivity contribution in [2.24, 2.45) is 13.0 Å². The van der Waals surface area contributed by atoms with Gasteiger partial charge in [-0.25, -0.2) is 14.6 Å². The molecule has 9 heteroatoms. The molecule has 1 aliphatic rings. The maximum Gasteiger partial charge on any atom is 0.231 e. The third-order valence-electron chi connectivity index (χ3n) is 4.20. The first-order chi connectivity index (χ1) is 12.2. The Balaban J connectivity index is 1.42. The first kappa shape index (κ1) is 15.0. The van der Waals surface area contributed by atoms with Crippen LogP contribution in [0.3, 0.4) is 0 Å². The maximum absolute atomic E-state index is 12.3. The Morgan fingerprint density at radius 1 is 1.28 bits per heavy atom. The Morgan fingerprint density at radius 2 is 2.04 bits per heavy atom. The van der Waals surface area contributed by atoms with Crippen LogP contribution < -0.4 is 10.2 Å². The normalized spacial score (nSPS) is 14.2. The fraction of sp³-hybridized carbons (Fsp3) is 0.250. The zero-order valence-corrected chi connectivity index (χ0v) is 13.4. The van der Waals surface area contributed by atoms with Gasteiger partial charge < -0.3 is 10.2 Å². The van der Waals surface area contributed by atoms with Crippen LogP contribution in [0.5, 0.6) is 0 Å². The number of nitrogens with zero attached hydrogens (tertiary/aromatic N) is 7. The van der Waals surface area contributed by atoms with Gasteiger partial charge in [-0.05, 0) is 24.3 Å². The summed E-state index contributed by atoms with van der Waals surface area (Å²) in [4.78, 5) is 22.8. The number of fused-ring (bicyclic) bond motifs is 1. The molecular formula is C16H14N8O. The molecule has 124 valence electrons. The highest BCUT2D eigenvalue weighted by molar-refractivity contribution is 5.95. The first-order valence-electron chi connectivity index (χ1n) is 7.72. The van der Waals surface area contributed by atoms with Crippen molar-refractivity contribution in [2.45, 2.75) is 0 Å². The lowest BCUT2D eigenvalue weighted by Gasteiger charge is -2.38. The largest absolute Gasteiger partial charge is 0.353 e. The minimum absolute atomic E-state index is 0.0506. The third-order valence-corrected chi connectivity index (χ3v) is 4.20. The molecule has 1 N–H and O–H groups in total. The average Bonchev–Trinajstić information content (AvgIpc) is 2.96. The number of nitriles is 1. The second-order valence-corrected chi connectivity index (χ2v) is 5.86. The van der Waals surface area contributed by atoms with E-state index in [4.69, 9.17) is 5.26 Å². The summed E-state index contributed by atoms with van der Waals surface area (Å²) >= 11 is 0. The zero-order valence-electron chi connectivity index (χ0n) is 13.4. The van der Waals surface area contributed by atoms with Gasteiger partial charge in [-0.3, -0.25) is 4.79 Å². The van der Waals surface area contributed by atoms with Crippen molar-refractivity contribution in [3.63, 3.8) is 0 Å². The van der Waals surface area contributed by atoms with Crippen LogP contribution in [0.4, 0.5) is 11.5 Å². The number of nitrogens with one attached hydrogen (secondary N) is 1. The first-order valence-corrected chi connectivity index (χ1v) is 7.72. The molecule has 0 aliphatic carbocycles. The quantitative estimate of drug-likeness (QED) is 0.750. The number of benzene rings is 1. The third kappa shape index (κ3) is 2.63. The van der Waals surface area contributed by atoms with Crippen LogP contribution >= 0.6 is 0 Å². The summed E-state index contributed by atoms with van der Waals surface area (Å²) in [5.74, 6) is 0.517. The van der Waals surface area contributed by atoms with E-state index in [-0.39, 0.29) is 11.8 Å². The molecule has 0 unspecified atom stereocenters. The van der Waals surface area contributed by atoms with Crippen molar-refractivity contribution in [2.75, 3.05) is 23.3 Å². The van der Waals surface area contributed by atoms with Crippen molar-refractivity contribution in [3.8, 4) is 6.07 Å². The Labute approximate surface area is 142 Å². The van der Waals surface area contributed by atoms with E-state index >= 15 is 0 Å². The number of hydrogen-bond acceptors (Lipinski definition) is 7. The van der Waals surface area contributed by atoms with Gasteiger partial charge >= 0.3 is 0 Å². The predicted molar refractivity (Wildman–Crippen MR) is 89.6 cm³/mol. The van der Waals surface area contributed by atoms with Crippen molar-refractivity contribution < 1.29 is 4.79 Å². The van der Waals surface area contributed by atoms with Gasteiger partial charge in [0.15, 0.2) is 17.0 Å². The van der Waals surface area contributed by atoms with Gasteiger partial charge in [0.2, 0.25) is 5.91 Å². The van der Waals surface area contributed by atoms with E-state index in [9.17, 15) is 4.79 Å². The summed E-state index contributed by atoms with van der Waals surface area (Å²) in [6, 6.07) is 8.84. The van der Waals surface area contributed by atoms with Gasteiger partial charge in [0.1, 0.15) is 6.33 Å². The van der Waals surface area contributed by atoms with Crippen molar-refractivity contribution >= 4 is 28.6 Å². The molecule has 2 aromatic heterocycles. The fourth-order valence-corrected chi connectivity index (χ4v) is 2.76. The van der Waals surface area contributed by atoms with Crippen LogP contribution in [-0.4, -0.2) is 44.0 Å². The van der Waals surface area contributed by atoms with Crippen LogP contribution in [0, 0.1) is 17.2 Å². The number of rotatable bonds is 3. The smallest absolute Gasteiger partial charge is 0.231 e. The average molecular weight is 334 g/mol. The van der Waals surface area contributed by atoms with Crippen LogP contribution in [-0.2, 0) is 11.8 Å². The molecule has 4 rings (SSSR count). The molecular weight excluding hydrogens is 320 g/mol. The molecule has 0 spiro atoms. The number of carbonyl (C=O) groups is 1. The molecule has 0 radical (unpaired) electrons. The van der Waals surface area contributed by atoms with E-state index < -0.39 is 0 Å². The van der Waals surface area contributed by atoms with E-state index in [1.54, 1.807) is 36.0 Å². The van der Waals surface area contributed by atoms with Crippen LogP contribution in [0.2, 0.25) is 0 Å². The van der Waals surface area contributed by atoms with Crippen LogP contribution in [0.25, 0.3) is 11.2 Å². The molecule has 1 aromatic carbocycles. The van der Waals surface area contributed by atoms with Crippen molar-refractivity contribution in [3.05, 3.63) is 36.2 Å². The number of hydrogen-bond donors (Lipinski definition) is 1. The highest BCUT2D eigenvalue weighted by Gasteiger charge is 2.35. The Hall–Kier alpha value is -3.54. The molecule has 3 heterocycles. The summed E-state index contributed by atoms with van der Waals surface area (Å²) in [6.45, 7) is 1.12. The Kier molecular flexibility index (Phi) is 3.50. The summed E-state index contributed by atoms with van der Waals surface area (Å²) < 4.78 is 1.59. The van der Waals surface area contributed by atoms with Crippen LogP contribution in [0.1, 0.15) is 5.56 Å². The summed E-state index contributed by atoms with van der Waals surface area (Å²) in [7, 11) is 1.77. The van der Waals surface area contributed by atoms with Crippen LogP contribution in [0.15, 0.2) is 30.6 Å². The SMILES string of the molecule is Cn1nnc2c(N3CC(C(=O)Nc4ccc(C#N)cc4)C3)ncnc21. The number of anilines is 2. The number of carbonyl (C=O) groups excluding carboxylic acids is 1. The summed E-state index contributed by atoms with van der Waals surface area (Å²) in [6.07, 6.45) is 1.48. The molecule has 1 saturated heterocycles. The highest BCUT2D eigenvalue weighted by atomic mass is 16.2. The molecule has 0 bridgehead atoms. The maximum atomic E-state index is 12.3. The molecule has 1 aliphatic heterocycles. The molecule has 1 fully saturated rings. The lowest BCUT2D eigenvalue weighted by Crippen LogP contribution is -2.52. The van der Waals surface area contributed by atoms with Gasteiger partial charge in [0.05, 0.1) is 17.6 Å². The minimum Gasteiger partial charge on any atom is -0.353 e. The second-order valence-electron chi connectivity index (χ2n) is 5.86. The predicted octanol–water partition coefficient (Wildman–Crippen LogP) is 0.705.